The highest BCUT2D eigenvalue weighted by Gasteiger charge is 2.23. The molecule has 1 aromatic rings. The summed E-state index contributed by atoms with van der Waals surface area (Å²) in [4.78, 5) is 20.6. The Labute approximate surface area is 127 Å². The molecule has 0 atom stereocenters. The van der Waals surface area contributed by atoms with E-state index in [0.717, 1.165) is 44.8 Å². The molecule has 1 aliphatic rings. The van der Waals surface area contributed by atoms with Crippen molar-refractivity contribution in [3.05, 3.63) is 24.4 Å². The Bertz CT molecular complexity index is 429. The maximum absolute atomic E-state index is 11.9. The van der Waals surface area contributed by atoms with Crippen LogP contribution in [0.15, 0.2) is 24.4 Å². The fourth-order valence-electron chi connectivity index (χ4n) is 2.82. The van der Waals surface area contributed by atoms with E-state index in [-0.39, 0.29) is 6.03 Å². The SMILES string of the molecule is CCNC(=O)N(CC)CC1CCN(c2ccccn2)CC1. The summed E-state index contributed by atoms with van der Waals surface area (Å²) in [6.07, 6.45) is 4.08. The number of carbonyl (C=O) groups excluding carboxylic acids is 1. The van der Waals surface area contributed by atoms with Gasteiger partial charge in [-0.25, -0.2) is 9.78 Å². The van der Waals surface area contributed by atoms with Crippen LogP contribution in [0.25, 0.3) is 0 Å². The number of anilines is 1. The number of amides is 2. The number of pyridine rings is 1. The molecule has 2 amide bonds. The Balaban J connectivity index is 1.82. The molecule has 0 bridgehead atoms. The van der Waals surface area contributed by atoms with Crippen LogP contribution in [-0.2, 0) is 0 Å². The van der Waals surface area contributed by atoms with Gasteiger partial charge in [-0.05, 0) is 44.7 Å². The third-order valence-corrected chi connectivity index (χ3v) is 4.06. The van der Waals surface area contributed by atoms with Crippen molar-refractivity contribution in [2.75, 3.05) is 37.6 Å². The number of aromatic nitrogens is 1. The number of nitrogens with zero attached hydrogens (tertiary/aromatic N) is 3. The van der Waals surface area contributed by atoms with Gasteiger partial charge in [-0.2, -0.15) is 0 Å². The molecule has 21 heavy (non-hydrogen) atoms. The molecule has 2 rings (SSSR count). The van der Waals surface area contributed by atoms with Gasteiger partial charge >= 0.3 is 6.03 Å². The lowest BCUT2D eigenvalue weighted by Crippen LogP contribution is -2.44. The molecule has 0 saturated carbocycles. The Kier molecular flexibility index (Phi) is 5.84. The lowest BCUT2D eigenvalue weighted by atomic mass is 9.96. The lowest BCUT2D eigenvalue weighted by molar-refractivity contribution is 0.185. The molecule has 0 radical (unpaired) electrons. The summed E-state index contributed by atoms with van der Waals surface area (Å²) in [5.41, 5.74) is 0. The van der Waals surface area contributed by atoms with Gasteiger partial charge in [0, 0.05) is 38.9 Å². The number of nitrogens with one attached hydrogen (secondary N) is 1. The van der Waals surface area contributed by atoms with Gasteiger partial charge < -0.3 is 15.1 Å². The second-order valence-electron chi connectivity index (χ2n) is 5.49. The van der Waals surface area contributed by atoms with Gasteiger partial charge in [0.15, 0.2) is 0 Å². The third-order valence-electron chi connectivity index (χ3n) is 4.06. The predicted molar refractivity (Wildman–Crippen MR) is 85.5 cm³/mol. The Hall–Kier alpha value is -1.78. The average molecular weight is 290 g/mol. The summed E-state index contributed by atoms with van der Waals surface area (Å²) in [6, 6.07) is 6.10. The van der Waals surface area contributed by atoms with Crippen molar-refractivity contribution in [2.24, 2.45) is 5.92 Å². The Morgan fingerprint density at radius 3 is 2.71 bits per heavy atom. The highest BCUT2D eigenvalue weighted by molar-refractivity contribution is 5.74. The first-order valence-electron chi connectivity index (χ1n) is 7.93. The van der Waals surface area contributed by atoms with E-state index in [9.17, 15) is 4.79 Å². The Morgan fingerprint density at radius 2 is 2.14 bits per heavy atom. The van der Waals surface area contributed by atoms with Crippen molar-refractivity contribution in [1.82, 2.24) is 15.2 Å². The molecule has 1 aromatic heterocycles. The van der Waals surface area contributed by atoms with Crippen molar-refractivity contribution in [2.45, 2.75) is 26.7 Å². The van der Waals surface area contributed by atoms with Gasteiger partial charge in [-0.15, -0.1) is 0 Å². The standard InChI is InChI=1S/C16H26N4O/c1-3-17-16(21)19(4-2)13-14-8-11-20(12-9-14)15-7-5-6-10-18-15/h5-7,10,14H,3-4,8-9,11-13H2,1-2H3,(H,17,21). The summed E-state index contributed by atoms with van der Waals surface area (Å²) in [7, 11) is 0. The molecule has 0 spiro atoms. The molecule has 1 saturated heterocycles. The maximum Gasteiger partial charge on any atom is 0.317 e. The van der Waals surface area contributed by atoms with Gasteiger partial charge in [0.25, 0.3) is 0 Å². The van der Waals surface area contributed by atoms with Crippen LogP contribution in [0.5, 0.6) is 0 Å². The zero-order valence-electron chi connectivity index (χ0n) is 13.1. The summed E-state index contributed by atoms with van der Waals surface area (Å²) >= 11 is 0. The van der Waals surface area contributed by atoms with E-state index >= 15 is 0 Å². The quantitative estimate of drug-likeness (QED) is 0.905. The minimum atomic E-state index is 0.0622. The first kappa shape index (κ1) is 15.6. The number of carbonyl (C=O) groups is 1. The highest BCUT2D eigenvalue weighted by atomic mass is 16.2. The average Bonchev–Trinajstić information content (AvgIpc) is 2.54. The zero-order chi connectivity index (χ0) is 15.1. The molecule has 0 aromatic carbocycles. The van der Waals surface area contributed by atoms with E-state index in [0.29, 0.717) is 12.5 Å². The van der Waals surface area contributed by atoms with E-state index in [4.69, 9.17) is 0 Å². The van der Waals surface area contributed by atoms with Crippen LogP contribution in [-0.4, -0.2) is 48.6 Å². The van der Waals surface area contributed by atoms with E-state index in [1.54, 1.807) is 0 Å². The molecule has 116 valence electrons. The third kappa shape index (κ3) is 4.34. The minimum absolute atomic E-state index is 0.0622. The van der Waals surface area contributed by atoms with Crippen LogP contribution >= 0.6 is 0 Å². The first-order chi connectivity index (χ1) is 10.2. The molecule has 2 heterocycles. The van der Waals surface area contributed by atoms with Gasteiger partial charge in [0.05, 0.1) is 0 Å². The lowest BCUT2D eigenvalue weighted by Gasteiger charge is -2.35. The second kappa shape index (κ2) is 7.86. The first-order valence-corrected chi connectivity index (χ1v) is 7.93. The van der Waals surface area contributed by atoms with E-state index in [1.165, 1.54) is 0 Å². The van der Waals surface area contributed by atoms with Crippen LogP contribution in [0.4, 0.5) is 10.6 Å². The number of urea groups is 1. The van der Waals surface area contributed by atoms with E-state index in [2.05, 4.69) is 21.3 Å². The molecule has 5 heteroatoms. The normalized spacial score (nSPS) is 15.8. The number of hydrogen-bond donors (Lipinski definition) is 1. The molecule has 1 aliphatic heterocycles. The topological polar surface area (TPSA) is 48.5 Å². The minimum Gasteiger partial charge on any atom is -0.357 e. The summed E-state index contributed by atoms with van der Waals surface area (Å²) in [5.74, 6) is 1.65. The van der Waals surface area contributed by atoms with Crippen molar-refractivity contribution < 1.29 is 4.79 Å². The molecule has 5 nitrogen and oxygen atoms in total. The van der Waals surface area contributed by atoms with Crippen LogP contribution in [0, 0.1) is 5.92 Å². The van der Waals surface area contributed by atoms with Crippen molar-refractivity contribution in [1.29, 1.82) is 0 Å². The molecule has 1 N–H and O–H groups in total. The van der Waals surface area contributed by atoms with Gasteiger partial charge in [0.1, 0.15) is 5.82 Å². The van der Waals surface area contributed by atoms with E-state index < -0.39 is 0 Å². The second-order valence-corrected chi connectivity index (χ2v) is 5.49. The maximum atomic E-state index is 11.9. The fraction of sp³-hybridized carbons (Fsp3) is 0.625. The summed E-state index contributed by atoms with van der Waals surface area (Å²) in [6.45, 7) is 8.36. The van der Waals surface area contributed by atoms with Crippen molar-refractivity contribution >= 4 is 11.8 Å². The fourth-order valence-corrected chi connectivity index (χ4v) is 2.82. The van der Waals surface area contributed by atoms with E-state index in [1.807, 2.05) is 37.1 Å². The van der Waals surface area contributed by atoms with Crippen LogP contribution in [0.3, 0.4) is 0 Å². The monoisotopic (exact) mass is 290 g/mol. The van der Waals surface area contributed by atoms with Crippen LogP contribution in [0.2, 0.25) is 0 Å². The van der Waals surface area contributed by atoms with Crippen LogP contribution in [0.1, 0.15) is 26.7 Å². The summed E-state index contributed by atoms with van der Waals surface area (Å²) < 4.78 is 0. The molecular weight excluding hydrogens is 264 g/mol. The molecule has 0 unspecified atom stereocenters. The Morgan fingerprint density at radius 1 is 1.38 bits per heavy atom. The van der Waals surface area contributed by atoms with Gasteiger partial charge in [0.2, 0.25) is 0 Å². The molecule has 1 fully saturated rings. The molecular formula is C16H26N4O. The molecule has 0 aliphatic carbocycles. The number of hydrogen-bond acceptors (Lipinski definition) is 3. The predicted octanol–water partition coefficient (Wildman–Crippen LogP) is 2.35. The largest absolute Gasteiger partial charge is 0.357 e. The number of piperidine rings is 1. The summed E-state index contributed by atoms with van der Waals surface area (Å²) in [5, 5.41) is 2.89. The highest BCUT2D eigenvalue weighted by Crippen LogP contribution is 2.22. The van der Waals surface area contributed by atoms with Gasteiger partial charge in [-0.3, -0.25) is 0 Å². The smallest absolute Gasteiger partial charge is 0.317 e. The van der Waals surface area contributed by atoms with Crippen molar-refractivity contribution in [3.8, 4) is 0 Å². The van der Waals surface area contributed by atoms with Gasteiger partial charge in [-0.1, -0.05) is 6.07 Å². The van der Waals surface area contributed by atoms with Crippen LogP contribution < -0.4 is 10.2 Å². The van der Waals surface area contributed by atoms with Crippen molar-refractivity contribution in [3.63, 3.8) is 0 Å². The zero-order valence-corrected chi connectivity index (χ0v) is 13.1. The number of rotatable bonds is 5.